The van der Waals surface area contributed by atoms with Crippen LogP contribution >= 0.6 is 0 Å². The van der Waals surface area contributed by atoms with Crippen molar-refractivity contribution in [3.05, 3.63) is 0 Å². The standard InChI is InChI=1S/C10H16O6.K.Na.2H/c1-2-3-7(9(11)12)10(13)16-8-6-14-4-5-15-8;;;;/h7-8H,2-6H2,1H3,(H,11,12);;;;. The van der Waals surface area contributed by atoms with Crippen molar-refractivity contribution < 1.29 is 28.9 Å². The van der Waals surface area contributed by atoms with E-state index in [1.54, 1.807) is 0 Å². The van der Waals surface area contributed by atoms with Crippen LogP contribution in [0.1, 0.15) is 19.8 Å². The van der Waals surface area contributed by atoms with Crippen molar-refractivity contribution >= 4 is 92.9 Å². The van der Waals surface area contributed by atoms with Crippen molar-refractivity contribution in [3.8, 4) is 0 Å². The van der Waals surface area contributed by atoms with Crippen LogP contribution in [0.2, 0.25) is 0 Å². The van der Waals surface area contributed by atoms with E-state index in [0.29, 0.717) is 19.6 Å². The fraction of sp³-hybridized carbons (Fsp3) is 0.800. The second kappa shape index (κ2) is 12.3. The van der Waals surface area contributed by atoms with Gasteiger partial charge in [0, 0.05) is 0 Å². The zero-order chi connectivity index (χ0) is 12.0. The molecule has 6 nitrogen and oxygen atoms in total. The van der Waals surface area contributed by atoms with Gasteiger partial charge in [0.15, 0.2) is 5.92 Å². The number of carboxylic acids is 1. The molecule has 96 valence electrons. The first-order valence-electron chi connectivity index (χ1n) is 5.27. The van der Waals surface area contributed by atoms with Gasteiger partial charge in [-0.2, -0.15) is 0 Å². The van der Waals surface area contributed by atoms with Gasteiger partial charge in [-0.05, 0) is 6.42 Å². The number of hydrogen-bond donors (Lipinski definition) is 1. The molecule has 2 atom stereocenters. The average Bonchev–Trinajstić information content (AvgIpc) is 2.26. The van der Waals surface area contributed by atoms with E-state index in [1.165, 1.54) is 0 Å². The van der Waals surface area contributed by atoms with Crippen molar-refractivity contribution in [2.75, 3.05) is 19.8 Å². The molecule has 8 heteroatoms. The van der Waals surface area contributed by atoms with Crippen molar-refractivity contribution in [2.45, 2.75) is 26.1 Å². The molecule has 0 aliphatic carbocycles. The first-order valence-corrected chi connectivity index (χ1v) is 5.27. The zero-order valence-electron chi connectivity index (χ0n) is 9.18. The molecular formula is C10H18KNaO6. The van der Waals surface area contributed by atoms with Gasteiger partial charge in [0.2, 0.25) is 6.29 Å². The maximum atomic E-state index is 11.5. The third-order valence-corrected chi connectivity index (χ3v) is 2.19. The predicted octanol–water partition coefficient (Wildman–Crippen LogP) is -0.894. The molecular weight excluding hydrogens is 278 g/mol. The number of esters is 1. The van der Waals surface area contributed by atoms with E-state index >= 15 is 0 Å². The minimum absolute atomic E-state index is 0. The van der Waals surface area contributed by atoms with Crippen LogP contribution in [0.25, 0.3) is 0 Å². The van der Waals surface area contributed by atoms with Gasteiger partial charge < -0.3 is 19.3 Å². The molecule has 1 aliphatic heterocycles. The Hall–Kier alpha value is 1.50. The molecule has 1 aliphatic rings. The van der Waals surface area contributed by atoms with Crippen molar-refractivity contribution in [1.29, 1.82) is 0 Å². The summed E-state index contributed by atoms with van der Waals surface area (Å²) in [5.74, 6) is -3.04. The van der Waals surface area contributed by atoms with E-state index in [1.807, 2.05) is 6.92 Å². The van der Waals surface area contributed by atoms with Crippen LogP contribution in [0, 0.1) is 5.92 Å². The number of carboxylic acid groups (broad SMARTS) is 1. The van der Waals surface area contributed by atoms with Gasteiger partial charge in [0.1, 0.15) is 6.61 Å². The quantitative estimate of drug-likeness (QED) is 0.402. The van der Waals surface area contributed by atoms with E-state index in [4.69, 9.17) is 19.3 Å². The Morgan fingerprint density at radius 3 is 2.56 bits per heavy atom. The van der Waals surface area contributed by atoms with Crippen LogP contribution in [0.3, 0.4) is 0 Å². The molecule has 18 heavy (non-hydrogen) atoms. The maximum absolute atomic E-state index is 11.5. The van der Waals surface area contributed by atoms with E-state index in [-0.39, 0.29) is 94.0 Å². The Bertz CT molecular complexity index is 257. The molecule has 0 aromatic carbocycles. The number of ether oxygens (including phenoxy) is 3. The molecule has 0 saturated carbocycles. The summed E-state index contributed by atoms with van der Waals surface area (Å²) >= 11 is 0. The van der Waals surface area contributed by atoms with Crippen LogP contribution in [0.4, 0.5) is 0 Å². The summed E-state index contributed by atoms with van der Waals surface area (Å²) < 4.78 is 15.0. The summed E-state index contributed by atoms with van der Waals surface area (Å²) in [5.41, 5.74) is 0. The summed E-state index contributed by atoms with van der Waals surface area (Å²) in [6, 6.07) is 0. The molecule has 0 radical (unpaired) electrons. The second-order valence-electron chi connectivity index (χ2n) is 3.49. The first kappa shape index (κ1) is 21.8. The van der Waals surface area contributed by atoms with Crippen LogP contribution in [-0.2, 0) is 23.8 Å². The molecule has 0 aromatic rings. The van der Waals surface area contributed by atoms with Gasteiger partial charge in [0.05, 0.1) is 13.2 Å². The number of hydrogen-bond acceptors (Lipinski definition) is 5. The number of carbonyl (C=O) groups is 2. The topological polar surface area (TPSA) is 82.1 Å². The average molecular weight is 296 g/mol. The Kier molecular flexibility index (Phi) is 14.8. The van der Waals surface area contributed by atoms with E-state index < -0.39 is 24.1 Å². The number of rotatable bonds is 5. The first-order chi connectivity index (χ1) is 7.65. The second-order valence-corrected chi connectivity index (χ2v) is 3.49. The summed E-state index contributed by atoms with van der Waals surface area (Å²) in [4.78, 5) is 22.3. The van der Waals surface area contributed by atoms with Gasteiger partial charge >= 0.3 is 92.9 Å². The fourth-order valence-corrected chi connectivity index (χ4v) is 1.38. The van der Waals surface area contributed by atoms with Crippen molar-refractivity contribution in [3.63, 3.8) is 0 Å². The predicted molar refractivity (Wildman–Crippen MR) is 67.0 cm³/mol. The van der Waals surface area contributed by atoms with Gasteiger partial charge in [0.25, 0.3) is 0 Å². The molecule has 1 heterocycles. The molecule has 1 rings (SSSR count). The van der Waals surface area contributed by atoms with E-state index in [9.17, 15) is 9.59 Å². The zero-order valence-corrected chi connectivity index (χ0v) is 9.18. The van der Waals surface area contributed by atoms with E-state index in [2.05, 4.69) is 0 Å². The fourth-order valence-electron chi connectivity index (χ4n) is 1.38. The molecule has 0 amide bonds. The molecule has 1 saturated heterocycles. The Labute approximate surface area is 171 Å². The van der Waals surface area contributed by atoms with Gasteiger partial charge in [-0.1, -0.05) is 13.3 Å². The van der Waals surface area contributed by atoms with Crippen molar-refractivity contribution in [1.82, 2.24) is 0 Å². The van der Waals surface area contributed by atoms with Gasteiger partial charge in [-0.3, -0.25) is 9.59 Å². The summed E-state index contributed by atoms with van der Waals surface area (Å²) in [6.45, 7) is 2.78. The minimum atomic E-state index is -1.16. The monoisotopic (exact) mass is 296 g/mol. The normalized spacial score (nSPS) is 19.9. The SMILES string of the molecule is CCCC(C(=O)O)C(=O)OC1COCCO1.[KH].[NaH]. The third kappa shape index (κ3) is 7.93. The molecule has 1 N–H and O–H groups in total. The van der Waals surface area contributed by atoms with Crippen LogP contribution < -0.4 is 0 Å². The number of aliphatic carboxylic acids is 1. The van der Waals surface area contributed by atoms with Gasteiger partial charge in [-0.15, -0.1) is 0 Å². The molecule has 0 spiro atoms. The molecule has 0 bridgehead atoms. The molecule has 0 aromatic heterocycles. The van der Waals surface area contributed by atoms with Gasteiger partial charge in [-0.25, -0.2) is 0 Å². The van der Waals surface area contributed by atoms with Crippen LogP contribution in [-0.4, -0.2) is 124 Å². The Balaban J connectivity index is 0. The molecule has 2 unspecified atom stereocenters. The summed E-state index contributed by atoms with van der Waals surface area (Å²) in [7, 11) is 0. The van der Waals surface area contributed by atoms with Crippen LogP contribution in [0.15, 0.2) is 0 Å². The van der Waals surface area contributed by atoms with E-state index in [0.717, 1.165) is 0 Å². The van der Waals surface area contributed by atoms with Crippen molar-refractivity contribution in [2.24, 2.45) is 5.92 Å². The Morgan fingerprint density at radius 2 is 2.11 bits per heavy atom. The summed E-state index contributed by atoms with van der Waals surface area (Å²) in [5, 5.41) is 8.83. The third-order valence-electron chi connectivity index (χ3n) is 2.19. The Morgan fingerprint density at radius 1 is 1.44 bits per heavy atom. The van der Waals surface area contributed by atoms with Crippen LogP contribution in [0.5, 0.6) is 0 Å². The number of carbonyl (C=O) groups excluding carboxylic acids is 1. The summed E-state index contributed by atoms with van der Waals surface area (Å²) in [6.07, 6.45) is 0.0930. The molecule has 1 fully saturated rings.